The van der Waals surface area contributed by atoms with Crippen molar-refractivity contribution >= 4 is 27.8 Å². The lowest BCUT2D eigenvalue weighted by Gasteiger charge is -2.42. The van der Waals surface area contributed by atoms with Crippen LogP contribution in [0.25, 0.3) is 0 Å². The van der Waals surface area contributed by atoms with Crippen LogP contribution in [0.4, 0.5) is 10.6 Å². The molecule has 7 nitrogen and oxygen atoms in total. The Bertz CT molecular complexity index is 701. The molecule has 0 aliphatic carbocycles. The zero-order valence-corrected chi connectivity index (χ0v) is 17.3. The second kappa shape index (κ2) is 6.32. The first-order chi connectivity index (χ1) is 11.3. The van der Waals surface area contributed by atoms with Gasteiger partial charge in [-0.25, -0.2) is 14.8 Å². The molecular weight excluding hydrogens is 340 g/mol. The van der Waals surface area contributed by atoms with Crippen molar-refractivity contribution in [1.82, 2.24) is 15.1 Å². The number of ether oxygens (including phenoxy) is 1. The maximum atomic E-state index is 13.0. The molecule has 1 aliphatic heterocycles. The van der Waals surface area contributed by atoms with E-state index in [2.05, 4.69) is 34.5 Å². The van der Waals surface area contributed by atoms with Gasteiger partial charge in [0.05, 0.1) is 22.6 Å². The van der Waals surface area contributed by atoms with Crippen LogP contribution >= 0.6 is 10.0 Å². The maximum Gasteiger partial charge on any atom is 0.436 e. The van der Waals surface area contributed by atoms with Crippen molar-refractivity contribution < 1.29 is 14.3 Å². The number of aromatic nitrogens is 2. The van der Waals surface area contributed by atoms with E-state index < -0.39 is 20.9 Å². The fraction of sp³-hybridized carbons (Fsp3) is 0.706. The van der Waals surface area contributed by atoms with Gasteiger partial charge < -0.3 is 15.4 Å². The second-order valence-electron chi connectivity index (χ2n) is 8.07. The molecule has 0 atom stereocenters. The molecule has 8 heteroatoms. The van der Waals surface area contributed by atoms with Gasteiger partial charge in [0.1, 0.15) is 5.82 Å². The highest BCUT2D eigenvalue weighted by atomic mass is 32.3. The molecule has 2 heterocycles. The van der Waals surface area contributed by atoms with Gasteiger partial charge >= 0.3 is 6.09 Å². The minimum Gasteiger partial charge on any atom is -0.448 e. The Labute approximate surface area is 151 Å². The van der Waals surface area contributed by atoms with Crippen LogP contribution in [-0.4, -0.2) is 51.9 Å². The van der Waals surface area contributed by atoms with Crippen molar-refractivity contribution in [3.8, 4) is 0 Å². The third-order valence-electron chi connectivity index (χ3n) is 5.03. The fourth-order valence-corrected chi connectivity index (χ4v) is 3.10. The molecule has 1 amide bonds. The molecule has 1 aromatic heterocycles. The first-order valence-corrected chi connectivity index (χ1v) is 11.2. The van der Waals surface area contributed by atoms with Crippen molar-refractivity contribution in [2.75, 3.05) is 30.7 Å². The number of anilines is 1. The summed E-state index contributed by atoms with van der Waals surface area (Å²) in [5, 5.41) is 10.7. The number of rotatable bonds is 4. The van der Waals surface area contributed by atoms with Gasteiger partial charge in [0.15, 0.2) is 0 Å². The molecular formula is C17H30N4O3S. The third-order valence-corrected chi connectivity index (χ3v) is 8.28. The summed E-state index contributed by atoms with van der Waals surface area (Å²) in [5.41, 5.74) is 1.24. The van der Waals surface area contributed by atoms with Crippen molar-refractivity contribution in [2.24, 2.45) is 0 Å². The molecule has 2 rings (SSSR count). The summed E-state index contributed by atoms with van der Waals surface area (Å²) < 4.78 is 5.74. The lowest BCUT2D eigenvalue weighted by molar-refractivity contribution is -0.117. The Morgan fingerprint density at radius 2 is 1.96 bits per heavy atom. The highest BCUT2D eigenvalue weighted by molar-refractivity contribution is 8.33. The molecule has 0 radical (unpaired) electrons. The number of carbonyl (C=O) groups is 2. The Morgan fingerprint density at radius 3 is 2.48 bits per heavy atom. The quantitative estimate of drug-likeness (QED) is 0.851. The number of nitrogens with one attached hydrogen (secondary N) is 2. The summed E-state index contributed by atoms with van der Waals surface area (Å²) in [6.45, 7) is 10.4. The van der Waals surface area contributed by atoms with E-state index in [1.807, 2.05) is 27.7 Å². The van der Waals surface area contributed by atoms with Crippen LogP contribution in [0.2, 0.25) is 0 Å². The van der Waals surface area contributed by atoms with Crippen LogP contribution in [0.3, 0.4) is 0 Å². The lowest BCUT2D eigenvalue weighted by atomic mass is 10.0. The van der Waals surface area contributed by atoms with E-state index in [1.165, 1.54) is 4.68 Å². The van der Waals surface area contributed by atoms with E-state index in [0.717, 1.165) is 11.3 Å². The minimum absolute atomic E-state index is 0.118. The first-order valence-electron chi connectivity index (χ1n) is 8.36. The summed E-state index contributed by atoms with van der Waals surface area (Å²) in [6, 6.07) is 0. The Balaban J connectivity index is 2.47. The monoisotopic (exact) mass is 370 g/mol. The Hall–Kier alpha value is -1.54. The van der Waals surface area contributed by atoms with Gasteiger partial charge in [-0.3, -0.25) is 4.79 Å². The standard InChI is InChI=1S/C17H30N4O3S/c1-9-24-15(23)21-13(11-10-18-16(2,3)12(11)20-21)19-14(22)17(4,5)25(6,7)8/h18H,9-10H2,1-8H3,(H,19,22). The van der Waals surface area contributed by atoms with Crippen molar-refractivity contribution in [3.05, 3.63) is 11.3 Å². The average molecular weight is 371 g/mol. The third kappa shape index (κ3) is 3.42. The minimum atomic E-state index is -1.16. The van der Waals surface area contributed by atoms with Gasteiger partial charge in [-0.05, 0) is 53.4 Å². The SMILES string of the molecule is CCOC(=O)n1nc2c(c1NC(=O)C(C)(C)S(C)(C)C)CNC2(C)C. The molecule has 0 spiro atoms. The molecule has 0 bridgehead atoms. The van der Waals surface area contributed by atoms with Gasteiger partial charge in [-0.15, -0.1) is 4.68 Å². The van der Waals surface area contributed by atoms with Crippen LogP contribution in [0, 0.1) is 0 Å². The number of nitrogens with zero attached hydrogens (tertiary/aromatic N) is 2. The van der Waals surface area contributed by atoms with Crippen LogP contribution in [0.15, 0.2) is 0 Å². The molecule has 2 N–H and O–H groups in total. The zero-order valence-electron chi connectivity index (χ0n) is 16.4. The molecule has 0 aromatic carbocycles. The van der Waals surface area contributed by atoms with E-state index in [4.69, 9.17) is 4.74 Å². The second-order valence-corrected chi connectivity index (χ2v) is 12.8. The maximum absolute atomic E-state index is 13.0. The summed E-state index contributed by atoms with van der Waals surface area (Å²) in [6.07, 6.45) is 5.72. The molecule has 1 aromatic rings. The molecule has 142 valence electrons. The number of carbonyl (C=O) groups excluding carboxylic acids is 2. The van der Waals surface area contributed by atoms with Gasteiger partial charge in [0.2, 0.25) is 5.91 Å². The largest absolute Gasteiger partial charge is 0.448 e. The number of hydrogen-bond donors (Lipinski definition) is 2. The number of amides is 1. The highest BCUT2D eigenvalue weighted by Crippen LogP contribution is 2.50. The van der Waals surface area contributed by atoms with Crippen molar-refractivity contribution in [1.29, 1.82) is 0 Å². The summed E-state index contributed by atoms with van der Waals surface area (Å²) >= 11 is 0. The fourth-order valence-electron chi connectivity index (χ4n) is 2.49. The molecule has 0 unspecified atom stereocenters. The predicted molar refractivity (Wildman–Crippen MR) is 103 cm³/mol. The smallest absolute Gasteiger partial charge is 0.436 e. The average Bonchev–Trinajstić information content (AvgIpc) is 2.97. The van der Waals surface area contributed by atoms with Crippen LogP contribution in [-0.2, 0) is 21.6 Å². The van der Waals surface area contributed by atoms with E-state index in [-0.39, 0.29) is 18.1 Å². The molecule has 0 saturated heterocycles. The molecule has 0 fully saturated rings. The lowest BCUT2D eigenvalue weighted by Crippen LogP contribution is -2.41. The predicted octanol–water partition coefficient (Wildman–Crippen LogP) is 2.64. The topological polar surface area (TPSA) is 85.2 Å². The Kier molecular flexibility index (Phi) is 5.00. The molecule has 1 aliphatic rings. The van der Waals surface area contributed by atoms with E-state index >= 15 is 0 Å². The summed E-state index contributed by atoms with van der Waals surface area (Å²) in [5.74, 6) is 0.293. The van der Waals surface area contributed by atoms with E-state index in [1.54, 1.807) is 6.92 Å². The van der Waals surface area contributed by atoms with Crippen LogP contribution in [0.5, 0.6) is 0 Å². The van der Waals surface area contributed by atoms with E-state index in [9.17, 15) is 9.59 Å². The van der Waals surface area contributed by atoms with Crippen LogP contribution in [0.1, 0.15) is 45.9 Å². The first kappa shape index (κ1) is 19.8. The van der Waals surface area contributed by atoms with Crippen molar-refractivity contribution in [2.45, 2.75) is 51.4 Å². The zero-order chi connectivity index (χ0) is 19.2. The van der Waals surface area contributed by atoms with Gasteiger partial charge in [0, 0.05) is 12.1 Å². The van der Waals surface area contributed by atoms with Crippen LogP contribution < -0.4 is 10.6 Å². The van der Waals surface area contributed by atoms with Gasteiger partial charge in [-0.2, -0.15) is 5.10 Å². The summed E-state index contributed by atoms with van der Waals surface area (Å²) in [7, 11) is -1.16. The van der Waals surface area contributed by atoms with Gasteiger partial charge in [-0.1, -0.05) is 0 Å². The Morgan fingerprint density at radius 1 is 1.36 bits per heavy atom. The van der Waals surface area contributed by atoms with Gasteiger partial charge in [0.25, 0.3) is 0 Å². The molecule has 25 heavy (non-hydrogen) atoms. The normalized spacial score (nSPS) is 17.1. The van der Waals surface area contributed by atoms with Crippen molar-refractivity contribution in [3.63, 3.8) is 0 Å². The number of hydrogen-bond acceptors (Lipinski definition) is 5. The molecule has 0 saturated carbocycles. The highest BCUT2D eigenvalue weighted by Gasteiger charge is 2.41. The summed E-state index contributed by atoms with van der Waals surface area (Å²) in [4.78, 5) is 25.3. The number of fused-ring (bicyclic) bond motifs is 1. The van der Waals surface area contributed by atoms with E-state index in [0.29, 0.717) is 12.4 Å².